The van der Waals surface area contributed by atoms with Gasteiger partial charge in [0.1, 0.15) is 12.4 Å². The van der Waals surface area contributed by atoms with Gasteiger partial charge in [0.2, 0.25) is 0 Å². The minimum atomic E-state index is -0.363. The number of methoxy groups -OCH3 is 1. The van der Waals surface area contributed by atoms with E-state index in [1.54, 1.807) is 7.11 Å². The number of nitrogens with one attached hydrogen (secondary N) is 1. The lowest BCUT2D eigenvalue weighted by atomic mass is 9.98. The number of cyclic esters (lactones) is 1. The van der Waals surface area contributed by atoms with Crippen LogP contribution in [0.5, 0.6) is 5.75 Å². The smallest absolute Gasteiger partial charge is 0.407 e. The molecule has 0 aromatic heterocycles. The highest BCUT2D eigenvalue weighted by Crippen LogP contribution is 2.27. The lowest BCUT2D eigenvalue weighted by Gasteiger charge is -2.23. The summed E-state index contributed by atoms with van der Waals surface area (Å²) in [5.74, 6) is 0.801. The molecule has 1 fully saturated rings. The van der Waals surface area contributed by atoms with Gasteiger partial charge in [0.15, 0.2) is 0 Å². The maximum Gasteiger partial charge on any atom is 0.407 e. The van der Waals surface area contributed by atoms with Crippen LogP contribution in [0.15, 0.2) is 18.2 Å². The molecule has 5 nitrogen and oxygen atoms in total. The Hall–Kier alpha value is -1.91. The standard InChI is InChI=1S/C11H14N2O3/c1-15-10-3-2-7(4-9(10)12)8-5-13-11(14)16-6-8/h2-4,8H,5-6,12H2,1H3,(H,13,14). The van der Waals surface area contributed by atoms with Gasteiger partial charge < -0.3 is 20.5 Å². The average Bonchev–Trinajstić information content (AvgIpc) is 2.30. The Kier molecular flexibility index (Phi) is 2.85. The van der Waals surface area contributed by atoms with Crippen LogP contribution >= 0.6 is 0 Å². The third-order valence-corrected chi connectivity index (χ3v) is 2.63. The molecule has 1 aliphatic heterocycles. The molecular weight excluding hydrogens is 208 g/mol. The van der Waals surface area contributed by atoms with Crippen LogP contribution in [0.25, 0.3) is 0 Å². The molecule has 0 aliphatic carbocycles. The summed E-state index contributed by atoms with van der Waals surface area (Å²) in [5.41, 5.74) is 7.45. The van der Waals surface area contributed by atoms with E-state index < -0.39 is 0 Å². The summed E-state index contributed by atoms with van der Waals surface area (Å²) in [5, 5.41) is 2.65. The number of nitrogens with two attached hydrogens (primary N) is 1. The Bertz CT molecular complexity index is 396. The first-order chi connectivity index (χ1) is 7.70. The Morgan fingerprint density at radius 3 is 2.94 bits per heavy atom. The monoisotopic (exact) mass is 222 g/mol. The Balaban J connectivity index is 2.15. The van der Waals surface area contributed by atoms with Crippen molar-refractivity contribution in [1.29, 1.82) is 0 Å². The summed E-state index contributed by atoms with van der Waals surface area (Å²) < 4.78 is 10.00. The number of benzene rings is 1. The minimum absolute atomic E-state index is 0.144. The molecule has 1 aromatic rings. The number of anilines is 1. The van der Waals surface area contributed by atoms with Crippen LogP contribution in [-0.2, 0) is 4.74 Å². The number of hydrogen-bond donors (Lipinski definition) is 2. The van der Waals surface area contributed by atoms with Crippen LogP contribution in [0.1, 0.15) is 11.5 Å². The van der Waals surface area contributed by atoms with Crippen molar-refractivity contribution in [2.75, 3.05) is 26.0 Å². The molecule has 16 heavy (non-hydrogen) atoms. The lowest BCUT2D eigenvalue weighted by Crippen LogP contribution is -2.37. The Labute approximate surface area is 93.5 Å². The summed E-state index contributed by atoms with van der Waals surface area (Å²) in [4.78, 5) is 10.8. The zero-order valence-electron chi connectivity index (χ0n) is 9.03. The van der Waals surface area contributed by atoms with Gasteiger partial charge in [-0.1, -0.05) is 6.07 Å². The molecular formula is C11H14N2O3. The number of hydrogen-bond acceptors (Lipinski definition) is 4. The van der Waals surface area contributed by atoms with E-state index in [0.29, 0.717) is 24.6 Å². The highest BCUT2D eigenvalue weighted by molar-refractivity contribution is 5.68. The van der Waals surface area contributed by atoms with Gasteiger partial charge in [-0.25, -0.2) is 4.79 Å². The van der Waals surface area contributed by atoms with E-state index in [-0.39, 0.29) is 12.0 Å². The van der Waals surface area contributed by atoms with E-state index in [9.17, 15) is 4.79 Å². The number of nitrogen functional groups attached to an aromatic ring is 1. The molecule has 0 bridgehead atoms. The molecule has 0 saturated carbocycles. The molecule has 3 N–H and O–H groups in total. The molecule has 1 unspecified atom stereocenters. The quantitative estimate of drug-likeness (QED) is 0.735. The second-order valence-electron chi connectivity index (χ2n) is 3.68. The highest BCUT2D eigenvalue weighted by atomic mass is 16.6. The minimum Gasteiger partial charge on any atom is -0.495 e. The van der Waals surface area contributed by atoms with Crippen molar-refractivity contribution in [3.05, 3.63) is 23.8 Å². The van der Waals surface area contributed by atoms with Crippen LogP contribution < -0.4 is 15.8 Å². The number of ether oxygens (including phenoxy) is 2. The highest BCUT2D eigenvalue weighted by Gasteiger charge is 2.21. The first kappa shape index (κ1) is 10.6. The summed E-state index contributed by atoms with van der Waals surface area (Å²) in [7, 11) is 1.58. The summed E-state index contributed by atoms with van der Waals surface area (Å²) >= 11 is 0. The fraction of sp³-hybridized carbons (Fsp3) is 0.364. The molecule has 1 aliphatic rings. The lowest BCUT2D eigenvalue weighted by molar-refractivity contribution is 0.120. The fourth-order valence-corrected chi connectivity index (χ4v) is 1.71. The number of amides is 1. The molecule has 1 heterocycles. The van der Waals surface area contributed by atoms with Crippen LogP contribution in [0.2, 0.25) is 0 Å². The average molecular weight is 222 g/mol. The van der Waals surface area contributed by atoms with E-state index in [1.165, 1.54) is 0 Å². The van der Waals surface area contributed by atoms with Crippen molar-refractivity contribution in [3.8, 4) is 5.75 Å². The number of carbonyl (C=O) groups is 1. The van der Waals surface area contributed by atoms with E-state index >= 15 is 0 Å². The van der Waals surface area contributed by atoms with Gasteiger partial charge >= 0.3 is 6.09 Å². The Morgan fingerprint density at radius 2 is 2.38 bits per heavy atom. The number of carbonyl (C=O) groups excluding carboxylic acids is 1. The van der Waals surface area contributed by atoms with Crippen LogP contribution in [0.3, 0.4) is 0 Å². The second-order valence-corrected chi connectivity index (χ2v) is 3.68. The van der Waals surface area contributed by atoms with Crippen molar-refractivity contribution >= 4 is 11.8 Å². The number of alkyl carbamates (subject to hydrolysis) is 1. The summed E-state index contributed by atoms with van der Waals surface area (Å²) in [6, 6.07) is 5.60. The van der Waals surface area contributed by atoms with Crippen molar-refractivity contribution in [2.24, 2.45) is 0 Å². The van der Waals surface area contributed by atoms with Crippen molar-refractivity contribution in [2.45, 2.75) is 5.92 Å². The normalized spacial score (nSPS) is 19.8. The predicted octanol–water partition coefficient (Wildman–Crippen LogP) is 1.10. The van der Waals surface area contributed by atoms with Gasteiger partial charge in [0.05, 0.1) is 12.8 Å². The van der Waals surface area contributed by atoms with E-state index in [1.807, 2.05) is 18.2 Å². The summed E-state index contributed by atoms with van der Waals surface area (Å²) in [6.45, 7) is 0.961. The molecule has 0 spiro atoms. The van der Waals surface area contributed by atoms with E-state index in [4.69, 9.17) is 15.2 Å². The second kappa shape index (κ2) is 4.30. The topological polar surface area (TPSA) is 73.6 Å². The van der Waals surface area contributed by atoms with Gasteiger partial charge in [-0.3, -0.25) is 0 Å². The fourth-order valence-electron chi connectivity index (χ4n) is 1.71. The molecule has 0 radical (unpaired) electrons. The first-order valence-corrected chi connectivity index (χ1v) is 5.04. The van der Waals surface area contributed by atoms with Crippen molar-refractivity contribution in [3.63, 3.8) is 0 Å². The maximum atomic E-state index is 10.8. The Morgan fingerprint density at radius 1 is 1.56 bits per heavy atom. The van der Waals surface area contributed by atoms with Gasteiger partial charge in [-0.2, -0.15) is 0 Å². The molecule has 1 amide bonds. The van der Waals surface area contributed by atoms with E-state index in [2.05, 4.69) is 5.32 Å². The van der Waals surface area contributed by atoms with Crippen molar-refractivity contribution < 1.29 is 14.3 Å². The van der Waals surface area contributed by atoms with Gasteiger partial charge in [0.25, 0.3) is 0 Å². The predicted molar refractivity (Wildman–Crippen MR) is 59.5 cm³/mol. The van der Waals surface area contributed by atoms with Crippen LogP contribution in [0, 0.1) is 0 Å². The van der Waals surface area contributed by atoms with Gasteiger partial charge in [-0.05, 0) is 17.7 Å². The third-order valence-electron chi connectivity index (χ3n) is 2.63. The van der Waals surface area contributed by atoms with E-state index in [0.717, 1.165) is 5.56 Å². The third kappa shape index (κ3) is 2.03. The van der Waals surface area contributed by atoms with Gasteiger partial charge in [-0.15, -0.1) is 0 Å². The molecule has 2 rings (SSSR count). The summed E-state index contributed by atoms with van der Waals surface area (Å²) in [6.07, 6.45) is -0.363. The van der Waals surface area contributed by atoms with Crippen molar-refractivity contribution in [1.82, 2.24) is 5.32 Å². The zero-order valence-corrected chi connectivity index (χ0v) is 9.03. The number of rotatable bonds is 2. The molecule has 5 heteroatoms. The molecule has 1 atom stereocenters. The maximum absolute atomic E-state index is 10.8. The van der Waals surface area contributed by atoms with Gasteiger partial charge in [0, 0.05) is 12.5 Å². The zero-order chi connectivity index (χ0) is 11.5. The largest absolute Gasteiger partial charge is 0.495 e. The first-order valence-electron chi connectivity index (χ1n) is 5.04. The van der Waals surface area contributed by atoms with Crippen LogP contribution in [-0.4, -0.2) is 26.4 Å². The SMILES string of the molecule is COc1ccc(C2CNC(=O)OC2)cc1N. The molecule has 86 valence electrons. The van der Waals surface area contributed by atoms with Crippen LogP contribution in [0.4, 0.5) is 10.5 Å². The molecule has 1 saturated heterocycles. The molecule has 1 aromatic carbocycles.